The molecule has 0 saturated carbocycles. The van der Waals surface area contributed by atoms with Gasteiger partial charge in [0.15, 0.2) is 11.6 Å². The maximum absolute atomic E-state index is 6.46. The molecule has 7 heteroatoms. The molecule has 0 spiro atoms. The first-order valence-corrected chi connectivity index (χ1v) is 15.4. The summed E-state index contributed by atoms with van der Waals surface area (Å²) in [6.45, 7) is 0. The lowest BCUT2D eigenvalue weighted by Crippen LogP contribution is -1.97. The molecular weight excluding hydrogens is 582 g/mol. The predicted octanol–water partition coefficient (Wildman–Crippen LogP) is 10.1. The summed E-state index contributed by atoms with van der Waals surface area (Å²) in [5, 5.41) is 8.16. The van der Waals surface area contributed by atoms with E-state index in [1.54, 1.807) is 17.7 Å². The van der Waals surface area contributed by atoms with Crippen LogP contribution in [0.5, 0.6) is 0 Å². The molecule has 5 nitrogen and oxygen atoms in total. The van der Waals surface area contributed by atoms with Gasteiger partial charge in [0.2, 0.25) is 5.28 Å². The number of benzene rings is 6. The van der Waals surface area contributed by atoms with E-state index in [0.717, 1.165) is 64.2 Å². The Bertz CT molecular complexity index is 2530. The first-order chi connectivity index (χ1) is 21.7. The van der Waals surface area contributed by atoms with Crippen molar-refractivity contribution in [2.75, 3.05) is 0 Å². The largest absolute Gasteiger partial charge is 0.236 e. The monoisotopic (exact) mass is 601 g/mol. The van der Waals surface area contributed by atoms with Crippen LogP contribution in [0.15, 0.2) is 122 Å². The maximum Gasteiger partial charge on any atom is 0.226 e. The van der Waals surface area contributed by atoms with Crippen molar-refractivity contribution in [2.45, 2.75) is 0 Å². The van der Waals surface area contributed by atoms with Crippen molar-refractivity contribution in [2.24, 2.45) is 0 Å². The number of halogens is 1. The molecule has 0 N–H and O–H groups in total. The third kappa shape index (κ3) is 3.82. The summed E-state index contributed by atoms with van der Waals surface area (Å²) in [5.41, 5.74) is 4.75. The van der Waals surface area contributed by atoms with Gasteiger partial charge in [-0.05, 0) is 33.8 Å². The number of aromatic nitrogens is 5. The van der Waals surface area contributed by atoms with Crippen LogP contribution in [0, 0.1) is 0 Å². The minimum Gasteiger partial charge on any atom is -0.236 e. The summed E-state index contributed by atoms with van der Waals surface area (Å²) in [4.78, 5) is 23.6. The summed E-state index contributed by atoms with van der Waals surface area (Å²) in [6, 6.07) is 39.6. The highest BCUT2D eigenvalue weighted by molar-refractivity contribution is 7.26. The lowest BCUT2D eigenvalue weighted by molar-refractivity contribution is 1.07. The van der Waals surface area contributed by atoms with Gasteiger partial charge in [-0.1, -0.05) is 109 Å². The molecule has 0 aliphatic heterocycles. The second-order valence-corrected chi connectivity index (χ2v) is 12.0. The number of nitrogens with zero attached hydrogens (tertiary/aromatic N) is 5. The van der Waals surface area contributed by atoms with Gasteiger partial charge in [0.25, 0.3) is 0 Å². The summed E-state index contributed by atoms with van der Waals surface area (Å²) in [6.07, 6.45) is 1.69. The van der Waals surface area contributed by atoms with Crippen molar-refractivity contribution >= 4 is 75.6 Å². The Hall–Kier alpha value is -5.30. The zero-order valence-electron chi connectivity index (χ0n) is 23.1. The number of hydrogen-bond donors (Lipinski definition) is 0. The highest BCUT2D eigenvalue weighted by Gasteiger charge is 2.20. The Morgan fingerprint density at radius 1 is 0.477 bits per heavy atom. The fourth-order valence-electron chi connectivity index (χ4n) is 6.28. The quantitative estimate of drug-likeness (QED) is 0.188. The molecule has 0 aliphatic carbocycles. The van der Waals surface area contributed by atoms with Crippen molar-refractivity contribution in [3.05, 3.63) is 127 Å². The molecule has 0 saturated heterocycles. The van der Waals surface area contributed by atoms with Gasteiger partial charge in [-0.15, -0.1) is 11.3 Å². The zero-order chi connectivity index (χ0) is 29.2. The summed E-state index contributed by atoms with van der Waals surface area (Å²) < 4.78 is 2.24. The molecular formula is C37H20ClN5S. The first-order valence-electron chi connectivity index (χ1n) is 14.2. The lowest BCUT2D eigenvalue weighted by atomic mass is 9.94. The second-order valence-electron chi connectivity index (χ2n) is 10.6. The molecule has 0 radical (unpaired) electrons. The number of hydrogen-bond acceptors (Lipinski definition) is 6. The van der Waals surface area contributed by atoms with Crippen molar-refractivity contribution in [3.8, 4) is 34.0 Å². The number of thiophene rings is 1. The van der Waals surface area contributed by atoms with Gasteiger partial charge in [0.05, 0.1) is 11.2 Å². The normalized spacial score (nSPS) is 11.8. The van der Waals surface area contributed by atoms with E-state index in [1.165, 1.54) is 10.8 Å². The first kappa shape index (κ1) is 25.2. The van der Waals surface area contributed by atoms with Crippen molar-refractivity contribution in [1.82, 2.24) is 24.9 Å². The van der Waals surface area contributed by atoms with Crippen LogP contribution >= 0.6 is 22.9 Å². The predicted molar refractivity (Wildman–Crippen MR) is 182 cm³/mol. The fourth-order valence-corrected chi connectivity index (χ4v) is 7.76. The van der Waals surface area contributed by atoms with E-state index in [9.17, 15) is 0 Å². The summed E-state index contributed by atoms with van der Waals surface area (Å²) in [7, 11) is 0. The van der Waals surface area contributed by atoms with Crippen LogP contribution in [0.25, 0.3) is 86.7 Å². The maximum atomic E-state index is 6.46. The molecule has 44 heavy (non-hydrogen) atoms. The molecule has 0 bridgehead atoms. The molecule has 0 fully saturated rings. The third-order valence-corrected chi connectivity index (χ3v) is 9.63. The average molecular weight is 602 g/mol. The molecule has 0 aliphatic rings. The minimum atomic E-state index is 0.166. The Labute approximate surface area is 260 Å². The van der Waals surface area contributed by atoms with Gasteiger partial charge in [-0.2, -0.15) is 9.97 Å². The molecule has 3 aromatic heterocycles. The number of fused-ring (bicyclic) bond motifs is 9. The summed E-state index contributed by atoms with van der Waals surface area (Å²) in [5.74, 6) is 1.10. The van der Waals surface area contributed by atoms with Crippen LogP contribution in [-0.4, -0.2) is 24.9 Å². The van der Waals surface area contributed by atoms with Gasteiger partial charge in [-0.3, -0.25) is 0 Å². The molecule has 3 heterocycles. The fraction of sp³-hybridized carbons (Fsp3) is 0. The molecule has 0 amide bonds. The van der Waals surface area contributed by atoms with E-state index in [2.05, 4.69) is 94.9 Å². The topological polar surface area (TPSA) is 64.5 Å². The van der Waals surface area contributed by atoms with E-state index >= 15 is 0 Å². The van der Waals surface area contributed by atoms with Gasteiger partial charge in [0.1, 0.15) is 6.33 Å². The van der Waals surface area contributed by atoms with Gasteiger partial charge < -0.3 is 0 Å². The van der Waals surface area contributed by atoms with E-state index in [1.807, 2.05) is 30.3 Å². The average Bonchev–Trinajstić information content (AvgIpc) is 3.47. The van der Waals surface area contributed by atoms with E-state index in [4.69, 9.17) is 26.6 Å². The smallest absolute Gasteiger partial charge is 0.226 e. The van der Waals surface area contributed by atoms with Crippen molar-refractivity contribution in [1.29, 1.82) is 0 Å². The SMILES string of the molecule is Clc1nc(-c2ccccc2)nc(-c2cccc3c2sc2c(-c4ncnc5c6ccccc6c6ccccc6c45)cccc23)n1. The molecule has 0 atom stereocenters. The Kier molecular flexibility index (Phi) is 5.66. The van der Waals surface area contributed by atoms with E-state index in [-0.39, 0.29) is 5.28 Å². The second kappa shape index (κ2) is 9.88. The molecule has 9 rings (SSSR count). The van der Waals surface area contributed by atoms with Crippen LogP contribution in [0.4, 0.5) is 0 Å². The highest BCUT2D eigenvalue weighted by atomic mass is 35.5. The molecule has 9 aromatic rings. The van der Waals surface area contributed by atoms with Gasteiger partial charge >= 0.3 is 0 Å². The van der Waals surface area contributed by atoms with Crippen LogP contribution in [0.3, 0.4) is 0 Å². The minimum absolute atomic E-state index is 0.166. The lowest BCUT2D eigenvalue weighted by Gasteiger charge is -2.13. The van der Waals surface area contributed by atoms with Gasteiger partial charge in [-0.25, -0.2) is 15.0 Å². The Morgan fingerprint density at radius 2 is 1.07 bits per heavy atom. The van der Waals surface area contributed by atoms with Crippen LogP contribution in [0.2, 0.25) is 5.28 Å². The van der Waals surface area contributed by atoms with Crippen molar-refractivity contribution < 1.29 is 0 Å². The van der Waals surface area contributed by atoms with Crippen LogP contribution in [-0.2, 0) is 0 Å². The molecule has 206 valence electrons. The zero-order valence-corrected chi connectivity index (χ0v) is 24.6. The third-order valence-electron chi connectivity index (χ3n) is 8.18. The molecule has 0 unspecified atom stereocenters. The van der Waals surface area contributed by atoms with Crippen molar-refractivity contribution in [3.63, 3.8) is 0 Å². The number of rotatable bonds is 3. The van der Waals surface area contributed by atoms with Gasteiger partial charge in [0, 0.05) is 47.6 Å². The van der Waals surface area contributed by atoms with E-state index in [0.29, 0.717) is 11.6 Å². The van der Waals surface area contributed by atoms with Crippen LogP contribution < -0.4 is 0 Å². The standard InChI is InChI=1S/C37H20ClN5S/c38-37-42-35(21-10-2-1-3-11-21)41-36(43-37)29-19-9-17-27-26-16-8-18-28(33(26)44-34(27)29)32-30-24-14-6-4-12-22(24)23-13-5-7-15-25(23)31(30)39-20-40-32/h1-20H. The Morgan fingerprint density at radius 3 is 1.84 bits per heavy atom. The van der Waals surface area contributed by atoms with E-state index < -0.39 is 0 Å². The highest BCUT2D eigenvalue weighted by Crippen LogP contribution is 2.45. The van der Waals surface area contributed by atoms with Crippen LogP contribution in [0.1, 0.15) is 0 Å². The Balaban J connectivity index is 1.33. The summed E-state index contributed by atoms with van der Waals surface area (Å²) >= 11 is 8.18. The molecule has 6 aromatic carbocycles.